The van der Waals surface area contributed by atoms with E-state index < -0.39 is 0 Å². The molecule has 0 radical (unpaired) electrons. The van der Waals surface area contributed by atoms with E-state index in [1.54, 1.807) is 6.33 Å². The summed E-state index contributed by atoms with van der Waals surface area (Å²) in [7, 11) is 0. The first-order chi connectivity index (χ1) is 10.2. The van der Waals surface area contributed by atoms with Crippen molar-refractivity contribution in [3.05, 3.63) is 24.2 Å². The molecule has 2 atom stereocenters. The predicted molar refractivity (Wildman–Crippen MR) is 83.2 cm³/mol. The minimum Gasteiger partial charge on any atom is -0.391 e. The second-order valence-corrected chi connectivity index (χ2v) is 5.85. The molecule has 0 aliphatic heterocycles. The van der Waals surface area contributed by atoms with E-state index in [0.29, 0.717) is 0 Å². The Hall–Kier alpha value is -1.75. The second kappa shape index (κ2) is 6.35. The lowest BCUT2D eigenvalue weighted by Crippen LogP contribution is -2.34. The first-order valence-electron chi connectivity index (χ1n) is 7.77. The van der Waals surface area contributed by atoms with Gasteiger partial charge in [-0.2, -0.15) is 0 Å². The zero-order valence-electron chi connectivity index (χ0n) is 12.4. The first kappa shape index (κ1) is 14.2. The number of hydrogen-bond acceptors (Lipinski definition) is 5. The molecule has 5 nitrogen and oxygen atoms in total. The van der Waals surface area contributed by atoms with E-state index in [0.717, 1.165) is 48.2 Å². The van der Waals surface area contributed by atoms with Gasteiger partial charge in [-0.25, -0.2) is 15.0 Å². The van der Waals surface area contributed by atoms with Crippen LogP contribution in [0.1, 0.15) is 44.2 Å². The minimum atomic E-state index is -0.319. The number of nitrogens with zero attached hydrogens (tertiary/aromatic N) is 3. The lowest BCUT2D eigenvalue weighted by Gasteiger charge is -2.27. The monoisotopic (exact) mass is 286 g/mol. The predicted octanol–water partition coefficient (Wildman–Crippen LogP) is 2.83. The highest BCUT2D eigenvalue weighted by atomic mass is 16.3. The zero-order valence-corrected chi connectivity index (χ0v) is 12.4. The van der Waals surface area contributed by atoms with E-state index >= 15 is 0 Å². The third kappa shape index (κ3) is 3.29. The van der Waals surface area contributed by atoms with Gasteiger partial charge in [-0.1, -0.05) is 25.7 Å². The average Bonchev–Trinajstić information content (AvgIpc) is 2.47. The van der Waals surface area contributed by atoms with Gasteiger partial charge in [0.1, 0.15) is 11.8 Å². The summed E-state index contributed by atoms with van der Waals surface area (Å²) in [6.07, 6.45) is 7.77. The number of fused-ring (bicyclic) bond motifs is 1. The van der Waals surface area contributed by atoms with Crippen molar-refractivity contribution in [3.63, 3.8) is 0 Å². The summed E-state index contributed by atoms with van der Waals surface area (Å²) in [6, 6.07) is 3.95. The summed E-state index contributed by atoms with van der Waals surface area (Å²) < 4.78 is 0. The maximum atomic E-state index is 10.3. The zero-order chi connectivity index (χ0) is 14.7. The molecule has 2 heterocycles. The van der Waals surface area contributed by atoms with Crippen LogP contribution in [0.25, 0.3) is 11.0 Å². The molecule has 0 spiro atoms. The van der Waals surface area contributed by atoms with Gasteiger partial charge in [0.2, 0.25) is 0 Å². The molecule has 1 aliphatic carbocycles. The van der Waals surface area contributed by atoms with Gasteiger partial charge >= 0.3 is 0 Å². The third-order valence-corrected chi connectivity index (χ3v) is 4.17. The summed E-state index contributed by atoms with van der Waals surface area (Å²) in [4.78, 5) is 13.1. The Kier molecular flexibility index (Phi) is 4.29. The molecule has 3 rings (SSSR count). The molecule has 1 fully saturated rings. The van der Waals surface area contributed by atoms with Gasteiger partial charge < -0.3 is 10.4 Å². The quantitative estimate of drug-likeness (QED) is 0.888. The number of anilines is 1. The molecule has 21 heavy (non-hydrogen) atoms. The molecule has 1 aliphatic rings. The molecule has 2 N–H and O–H groups in total. The maximum absolute atomic E-state index is 10.3. The highest BCUT2D eigenvalue weighted by molar-refractivity contribution is 5.84. The Morgan fingerprint density at radius 1 is 1.10 bits per heavy atom. The normalized spacial score (nSPS) is 23.5. The fourth-order valence-corrected chi connectivity index (χ4v) is 2.95. The van der Waals surface area contributed by atoms with E-state index in [1.165, 1.54) is 12.8 Å². The molecule has 0 bridgehead atoms. The number of aliphatic hydroxyl groups is 1. The van der Waals surface area contributed by atoms with Crippen LogP contribution in [0.2, 0.25) is 0 Å². The molecule has 2 aromatic rings. The summed E-state index contributed by atoms with van der Waals surface area (Å²) in [5, 5.41) is 13.7. The lowest BCUT2D eigenvalue weighted by molar-refractivity contribution is 0.128. The molecule has 0 amide bonds. The Morgan fingerprint density at radius 2 is 1.90 bits per heavy atom. The highest BCUT2D eigenvalue weighted by Crippen LogP contribution is 2.23. The highest BCUT2D eigenvalue weighted by Gasteiger charge is 2.21. The number of rotatable bonds is 2. The Bertz CT molecular complexity index is 616. The van der Waals surface area contributed by atoms with E-state index in [2.05, 4.69) is 20.3 Å². The lowest BCUT2D eigenvalue weighted by atomic mass is 9.94. The van der Waals surface area contributed by atoms with Crippen molar-refractivity contribution in [2.45, 2.75) is 57.6 Å². The van der Waals surface area contributed by atoms with Gasteiger partial charge in [-0.05, 0) is 31.9 Å². The van der Waals surface area contributed by atoms with Crippen LogP contribution in [-0.2, 0) is 0 Å². The van der Waals surface area contributed by atoms with E-state index in [1.807, 2.05) is 19.1 Å². The molecule has 5 heteroatoms. The van der Waals surface area contributed by atoms with Gasteiger partial charge in [0, 0.05) is 5.69 Å². The van der Waals surface area contributed by atoms with Crippen molar-refractivity contribution in [1.29, 1.82) is 0 Å². The van der Waals surface area contributed by atoms with Crippen LogP contribution in [0.4, 0.5) is 5.82 Å². The average molecular weight is 286 g/mol. The summed E-state index contributed by atoms with van der Waals surface area (Å²) in [5.41, 5.74) is 2.56. The third-order valence-electron chi connectivity index (χ3n) is 4.17. The van der Waals surface area contributed by atoms with Crippen LogP contribution in [0.5, 0.6) is 0 Å². The van der Waals surface area contributed by atoms with Crippen molar-refractivity contribution in [1.82, 2.24) is 15.0 Å². The van der Waals surface area contributed by atoms with Gasteiger partial charge in [0.05, 0.1) is 17.7 Å². The van der Waals surface area contributed by atoms with Gasteiger partial charge in [0.25, 0.3) is 0 Å². The van der Waals surface area contributed by atoms with E-state index in [4.69, 9.17) is 0 Å². The summed E-state index contributed by atoms with van der Waals surface area (Å²) in [6.45, 7) is 1.96. The molecule has 1 saturated carbocycles. The topological polar surface area (TPSA) is 70.9 Å². The van der Waals surface area contributed by atoms with Crippen LogP contribution in [-0.4, -0.2) is 32.2 Å². The number of hydrogen-bond donors (Lipinski definition) is 2. The van der Waals surface area contributed by atoms with E-state index in [9.17, 15) is 5.11 Å². The number of aliphatic hydroxyl groups excluding tert-OH is 1. The van der Waals surface area contributed by atoms with Crippen molar-refractivity contribution in [3.8, 4) is 0 Å². The fourth-order valence-electron chi connectivity index (χ4n) is 2.95. The van der Waals surface area contributed by atoms with Gasteiger partial charge in [0.15, 0.2) is 5.82 Å². The SMILES string of the molecule is Cc1ccc2ncnc(N[C@H]3CCCCCC[C@@H]3O)c2n1. The van der Waals surface area contributed by atoms with Crippen molar-refractivity contribution in [2.24, 2.45) is 0 Å². The molecule has 0 saturated heterocycles. The van der Waals surface area contributed by atoms with Crippen molar-refractivity contribution in [2.75, 3.05) is 5.32 Å². The number of pyridine rings is 1. The molecule has 0 unspecified atom stereocenters. The molecule has 2 aromatic heterocycles. The Morgan fingerprint density at radius 3 is 2.76 bits per heavy atom. The van der Waals surface area contributed by atoms with Gasteiger partial charge in [-0.3, -0.25) is 0 Å². The largest absolute Gasteiger partial charge is 0.391 e. The molecule has 0 aromatic carbocycles. The van der Waals surface area contributed by atoms with Crippen LogP contribution >= 0.6 is 0 Å². The maximum Gasteiger partial charge on any atom is 0.156 e. The summed E-state index contributed by atoms with van der Waals surface area (Å²) >= 11 is 0. The Labute approximate surface area is 124 Å². The van der Waals surface area contributed by atoms with Crippen LogP contribution < -0.4 is 5.32 Å². The number of aromatic nitrogens is 3. The van der Waals surface area contributed by atoms with Crippen LogP contribution in [0.15, 0.2) is 18.5 Å². The molecular weight excluding hydrogens is 264 g/mol. The van der Waals surface area contributed by atoms with Crippen LogP contribution in [0.3, 0.4) is 0 Å². The van der Waals surface area contributed by atoms with Crippen LogP contribution in [0, 0.1) is 6.92 Å². The van der Waals surface area contributed by atoms with E-state index in [-0.39, 0.29) is 12.1 Å². The Balaban J connectivity index is 1.87. The number of nitrogens with one attached hydrogen (secondary N) is 1. The van der Waals surface area contributed by atoms with Crippen molar-refractivity contribution < 1.29 is 5.11 Å². The standard InChI is InChI=1S/C16H22N4O/c1-11-8-9-13-15(19-11)16(18-10-17-13)20-12-6-4-2-3-5-7-14(12)21/h8-10,12,14,21H,2-7H2,1H3,(H,17,18,20)/t12-,14-/m0/s1. The minimum absolute atomic E-state index is 0.0470. The smallest absolute Gasteiger partial charge is 0.156 e. The summed E-state index contributed by atoms with van der Waals surface area (Å²) in [5.74, 6) is 0.730. The van der Waals surface area contributed by atoms with Gasteiger partial charge in [-0.15, -0.1) is 0 Å². The molecular formula is C16H22N4O. The number of aryl methyl sites for hydroxylation is 1. The van der Waals surface area contributed by atoms with Crippen molar-refractivity contribution >= 4 is 16.9 Å². The fraction of sp³-hybridized carbons (Fsp3) is 0.562. The molecule has 112 valence electrons. The first-order valence-corrected chi connectivity index (χ1v) is 7.77. The second-order valence-electron chi connectivity index (χ2n) is 5.85.